The molecule has 6 nitrogen and oxygen atoms in total. The van der Waals surface area contributed by atoms with Gasteiger partial charge in [-0.15, -0.1) is 0 Å². The Bertz CT molecular complexity index is 1570. The summed E-state index contributed by atoms with van der Waals surface area (Å²) < 4.78 is 5.92. The van der Waals surface area contributed by atoms with Crippen molar-refractivity contribution < 1.29 is 30.0 Å². The molecule has 0 saturated heterocycles. The highest BCUT2D eigenvalue weighted by Gasteiger charge is 2.81. The Morgan fingerprint density at radius 3 is 2.33 bits per heavy atom. The Morgan fingerprint density at radius 2 is 1.67 bits per heavy atom. The smallest absolute Gasteiger partial charge is 0.185 e. The van der Waals surface area contributed by atoms with E-state index in [1.165, 1.54) is 13.5 Å². The Labute approximate surface area is 266 Å². The van der Waals surface area contributed by atoms with E-state index in [0.717, 1.165) is 59.1 Å². The van der Waals surface area contributed by atoms with E-state index in [4.69, 9.17) is 4.74 Å². The first-order valence-corrected chi connectivity index (χ1v) is 16.4. The maximum atomic E-state index is 14.6. The average Bonchev–Trinajstić information content (AvgIpc) is 3.42. The van der Waals surface area contributed by atoms with E-state index in [1.807, 2.05) is 42.5 Å². The summed E-state index contributed by atoms with van der Waals surface area (Å²) in [5.74, 6) is -1.79. The second-order valence-corrected chi connectivity index (χ2v) is 13.8. The first-order valence-electron chi connectivity index (χ1n) is 16.4. The van der Waals surface area contributed by atoms with Gasteiger partial charge in [-0.25, -0.2) is 0 Å². The van der Waals surface area contributed by atoms with Crippen molar-refractivity contribution in [3.63, 3.8) is 0 Å². The number of aryl methyl sites for hydroxylation is 1. The monoisotopic (exact) mass is 610 g/mol. The van der Waals surface area contributed by atoms with Crippen LogP contribution in [0.25, 0.3) is 11.1 Å². The molecule has 3 aliphatic rings. The van der Waals surface area contributed by atoms with E-state index in [0.29, 0.717) is 19.3 Å². The van der Waals surface area contributed by atoms with Crippen LogP contribution in [0.15, 0.2) is 78.9 Å². The van der Waals surface area contributed by atoms with E-state index in [2.05, 4.69) is 19.6 Å². The van der Waals surface area contributed by atoms with Crippen LogP contribution >= 0.6 is 0 Å². The van der Waals surface area contributed by atoms with Gasteiger partial charge in [0.15, 0.2) is 5.79 Å². The minimum atomic E-state index is -1.69. The van der Waals surface area contributed by atoms with Gasteiger partial charge in [-0.3, -0.25) is 4.79 Å². The minimum absolute atomic E-state index is 0.0128. The molecule has 3 aromatic carbocycles. The molecule has 3 aliphatic carbocycles. The van der Waals surface area contributed by atoms with Crippen molar-refractivity contribution in [2.75, 3.05) is 13.7 Å². The van der Waals surface area contributed by atoms with Crippen LogP contribution in [0.2, 0.25) is 0 Å². The molecule has 3 fully saturated rings. The molecular formula is C39H46O6. The SMILES string of the molecule is C=C1[C@@H]2[C@H](CO)C[C@@](C(=O)CCc3cccc(-c4ccc(Cc5ccc(O)cc5)c(O)c4)c3)([C@@]1(C)C1CCCCC1)[C@]2(O)OC. The minimum Gasteiger partial charge on any atom is -0.508 e. The van der Waals surface area contributed by atoms with E-state index in [1.54, 1.807) is 18.2 Å². The lowest BCUT2D eigenvalue weighted by Gasteiger charge is -2.53. The van der Waals surface area contributed by atoms with Crippen LogP contribution < -0.4 is 0 Å². The third-order valence-corrected chi connectivity index (χ3v) is 11.8. The van der Waals surface area contributed by atoms with Crippen LogP contribution in [0.1, 0.15) is 68.6 Å². The third-order valence-electron chi connectivity index (χ3n) is 11.8. The summed E-state index contributed by atoms with van der Waals surface area (Å²) in [5.41, 5.74) is 3.71. The molecule has 6 heteroatoms. The second kappa shape index (κ2) is 12.1. The van der Waals surface area contributed by atoms with Crippen LogP contribution in [-0.2, 0) is 22.4 Å². The largest absolute Gasteiger partial charge is 0.508 e. The fraction of sp³-hybridized carbons (Fsp3) is 0.462. The Morgan fingerprint density at radius 1 is 0.956 bits per heavy atom. The summed E-state index contributed by atoms with van der Waals surface area (Å²) in [4.78, 5) is 14.6. The lowest BCUT2D eigenvalue weighted by atomic mass is 9.50. The molecule has 0 amide bonds. The summed E-state index contributed by atoms with van der Waals surface area (Å²) in [6.07, 6.45) is 7.11. The predicted octanol–water partition coefficient (Wildman–Crippen LogP) is 6.96. The zero-order valence-electron chi connectivity index (χ0n) is 26.5. The van der Waals surface area contributed by atoms with E-state index >= 15 is 0 Å². The highest BCUT2D eigenvalue weighted by molar-refractivity contribution is 5.90. The summed E-state index contributed by atoms with van der Waals surface area (Å²) in [5, 5.41) is 43.0. The zero-order chi connectivity index (χ0) is 32.0. The van der Waals surface area contributed by atoms with Crippen molar-refractivity contribution in [1.29, 1.82) is 0 Å². The molecule has 4 N–H and O–H groups in total. The molecule has 0 aromatic heterocycles. The highest BCUT2D eigenvalue weighted by Crippen LogP contribution is 2.76. The normalized spacial score (nSPS) is 29.7. The fourth-order valence-corrected chi connectivity index (χ4v) is 9.41. The van der Waals surface area contributed by atoms with Gasteiger partial charge in [-0.05, 0) is 83.5 Å². The number of carbonyl (C=O) groups excluding carboxylic acids is 1. The first kappa shape index (κ1) is 31.5. The van der Waals surface area contributed by atoms with Gasteiger partial charge >= 0.3 is 0 Å². The van der Waals surface area contributed by atoms with Crippen LogP contribution in [0, 0.1) is 28.6 Å². The molecule has 2 bridgehead atoms. The van der Waals surface area contributed by atoms with Crippen molar-refractivity contribution in [2.24, 2.45) is 28.6 Å². The Balaban J connectivity index is 1.24. The number of carbonyl (C=O) groups is 1. The maximum absolute atomic E-state index is 14.6. The number of Topliss-reactive ketones (excluding diaryl/α,β-unsaturated/α-hetero) is 1. The Hall–Kier alpha value is -3.45. The first-order chi connectivity index (χ1) is 21.6. The van der Waals surface area contributed by atoms with Crippen molar-refractivity contribution >= 4 is 5.78 Å². The summed E-state index contributed by atoms with van der Waals surface area (Å²) in [6.45, 7) is 6.52. The molecular weight excluding hydrogens is 564 g/mol. The number of ether oxygens (including phenoxy) is 1. The van der Waals surface area contributed by atoms with Gasteiger partial charge in [0, 0.05) is 37.9 Å². The topological polar surface area (TPSA) is 107 Å². The van der Waals surface area contributed by atoms with Gasteiger partial charge in [-0.1, -0.05) is 86.9 Å². The van der Waals surface area contributed by atoms with Crippen molar-refractivity contribution in [3.05, 3.63) is 95.6 Å². The fourth-order valence-electron chi connectivity index (χ4n) is 9.41. The number of hydrogen-bond donors (Lipinski definition) is 4. The number of fused-ring (bicyclic) bond motifs is 2. The number of benzene rings is 3. The van der Waals surface area contributed by atoms with Crippen LogP contribution in [0.5, 0.6) is 11.5 Å². The lowest BCUT2D eigenvalue weighted by molar-refractivity contribution is -0.259. The number of aromatic hydroxyl groups is 2. The van der Waals surface area contributed by atoms with Gasteiger partial charge in [0.2, 0.25) is 0 Å². The van der Waals surface area contributed by atoms with Gasteiger partial charge in [0.1, 0.15) is 17.3 Å². The predicted molar refractivity (Wildman–Crippen MR) is 175 cm³/mol. The molecule has 6 rings (SSSR count). The van der Waals surface area contributed by atoms with Gasteiger partial charge in [0.05, 0.1) is 5.41 Å². The average molecular weight is 611 g/mol. The maximum Gasteiger partial charge on any atom is 0.185 e. The third kappa shape index (κ3) is 4.93. The molecule has 45 heavy (non-hydrogen) atoms. The van der Waals surface area contributed by atoms with Crippen LogP contribution in [0.4, 0.5) is 0 Å². The number of aliphatic hydroxyl groups excluding tert-OH is 1. The summed E-state index contributed by atoms with van der Waals surface area (Å²) in [6, 6.07) is 20.7. The summed E-state index contributed by atoms with van der Waals surface area (Å²) in [7, 11) is 1.49. The van der Waals surface area contributed by atoms with Crippen molar-refractivity contribution in [3.8, 4) is 22.6 Å². The number of rotatable bonds is 10. The second-order valence-electron chi connectivity index (χ2n) is 13.8. The molecule has 0 aliphatic heterocycles. The van der Waals surface area contributed by atoms with E-state index in [9.17, 15) is 25.2 Å². The number of ketones is 1. The highest BCUT2D eigenvalue weighted by atomic mass is 16.6. The number of phenols is 2. The summed E-state index contributed by atoms with van der Waals surface area (Å²) >= 11 is 0. The molecule has 0 unspecified atom stereocenters. The van der Waals surface area contributed by atoms with Crippen molar-refractivity contribution in [2.45, 2.75) is 70.5 Å². The molecule has 0 spiro atoms. The molecule has 5 atom stereocenters. The number of hydrogen-bond acceptors (Lipinski definition) is 6. The van der Waals surface area contributed by atoms with Crippen molar-refractivity contribution in [1.82, 2.24) is 0 Å². The van der Waals surface area contributed by atoms with Gasteiger partial charge < -0.3 is 25.2 Å². The molecule has 0 heterocycles. The quantitative estimate of drug-likeness (QED) is 0.146. The van der Waals surface area contributed by atoms with Gasteiger partial charge in [-0.2, -0.15) is 0 Å². The van der Waals surface area contributed by atoms with Gasteiger partial charge in [0.25, 0.3) is 0 Å². The number of methoxy groups -OCH3 is 1. The molecule has 0 radical (unpaired) electrons. The standard InChI is InChI=1S/C39H46O6/c1-25-36-31(24-40)23-38(39(36,44)45-3,37(25,2)32-10-5-4-6-11-32)35(43)19-14-26-8-7-9-28(20-26)29-15-16-30(34(42)22-29)21-27-12-17-33(41)18-13-27/h7-9,12-13,15-18,20,22,31-32,36,40-42,44H,1,4-6,10-11,14,19,21,23-24H2,2-3H3/t31-,36+,37+,38+,39+/m0/s1. The molecule has 3 saturated carbocycles. The molecule has 238 valence electrons. The molecule has 3 aromatic rings. The lowest BCUT2D eigenvalue weighted by Crippen LogP contribution is -2.58. The Kier molecular flexibility index (Phi) is 8.44. The van der Waals surface area contributed by atoms with E-state index < -0.39 is 22.5 Å². The zero-order valence-corrected chi connectivity index (χ0v) is 26.5. The number of aliphatic hydroxyl groups is 2. The van der Waals surface area contributed by atoms with Crippen LogP contribution in [-0.4, -0.2) is 45.7 Å². The van der Waals surface area contributed by atoms with E-state index in [-0.39, 0.29) is 42.1 Å². The van der Waals surface area contributed by atoms with Crippen LogP contribution in [0.3, 0.4) is 0 Å². The number of phenolic OH excluding ortho intramolecular Hbond substituents is 2.